The molecular weight excluding hydrogens is 376 g/mol. The highest BCUT2D eigenvalue weighted by Crippen LogP contribution is 2.00. The molecule has 0 bridgehead atoms. The van der Waals surface area contributed by atoms with E-state index in [0.29, 0.717) is 12.8 Å². The Bertz CT molecular complexity index is 368. The first kappa shape index (κ1) is 28.9. The van der Waals surface area contributed by atoms with E-state index in [4.69, 9.17) is 0 Å². The molecule has 6 nitrogen and oxygen atoms in total. The second-order valence-corrected chi connectivity index (χ2v) is 8.30. The quantitative estimate of drug-likeness (QED) is 0.274. The Morgan fingerprint density at radius 2 is 0.867 bits per heavy atom. The standard InChI is InChI=1S/C24H50N4O2/c1-5-17-27(18-6-2)21-13-23(29)25-15-11-9-10-12-16-26-24(30)14-22-28(19-7-3)20-8-4/h5-22H2,1-4H3,(H,25,29)(H,26,30). The van der Waals surface area contributed by atoms with Crippen molar-refractivity contribution in [1.82, 2.24) is 20.4 Å². The Labute approximate surface area is 186 Å². The van der Waals surface area contributed by atoms with Gasteiger partial charge in [0.1, 0.15) is 0 Å². The highest BCUT2D eigenvalue weighted by atomic mass is 16.2. The minimum absolute atomic E-state index is 0.166. The molecular formula is C24H50N4O2. The van der Waals surface area contributed by atoms with Crippen molar-refractivity contribution in [2.45, 2.75) is 91.9 Å². The van der Waals surface area contributed by atoms with E-state index in [0.717, 1.165) is 104 Å². The van der Waals surface area contributed by atoms with Gasteiger partial charge in [0, 0.05) is 39.0 Å². The van der Waals surface area contributed by atoms with Crippen LogP contribution in [0.15, 0.2) is 0 Å². The number of rotatable bonds is 21. The maximum absolute atomic E-state index is 12.0. The fourth-order valence-electron chi connectivity index (χ4n) is 3.69. The lowest BCUT2D eigenvalue weighted by molar-refractivity contribution is -0.122. The average molecular weight is 427 g/mol. The van der Waals surface area contributed by atoms with Gasteiger partial charge in [0.2, 0.25) is 11.8 Å². The molecule has 6 heteroatoms. The summed E-state index contributed by atoms with van der Waals surface area (Å²) in [4.78, 5) is 28.7. The molecule has 0 saturated carbocycles. The Kier molecular flexibility index (Phi) is 20.3. The van der Waals surface area contributed by atoms with Crippen molar-refractivity contribution in [2.75, 3.05) is 52.4 Å². The second-order valence-electron chi connectivity index (χ2n) is 8.30. The third-order valence-electron chi connectivity index (χ3n) is 5.22. The van der Waals surface area contributed by atoms with E-state index in [2.05, 4.69) is 48.1 Å². The van der Waals surface area contributed by atoms with Gasteiger partial charge in [0.25, 0.3) is 0 Å². The van der Waals surface area contributed by atoms with Gasteiger partial charge < -0.3 is 20.4 Å². The van der Waals surface area contributed by atoms with Crippen LogP contribution in [0.5, 0.6) is 0 Å². The lowest BCUT2D eigenvalue weighted by atomic mass is 10.2. The number of hydrogen-bond acceptors (Lipinski definition) is 4. The molecule has 0 aromatic rings. The topological polar surface area (TPSA) is 64.7 Å². The molecule has 0 aromatic carbocycles. The first-order chi connectivity index (χ1) is 14.6. The molecule has 0 rings (SSSR count). The molecule has 2 N–H and O–H groups in total. The molecule has 0 aliphatic heterocycles. The van der Waals surface area contributed by atoms with Crippen molar-refractivity contribution in [3.63, 3.8) is 0 Å². The van der Waals surface area contributed by atoms with Crippen LogP contribution in [0, 0.1) is 0 Å². The highest BCUT2D eigenvalue weighted by Gasteiger charge is 2.07. The van der Waals surface area contributed by atoms with Crippen molar-refractivity contribution >= 4 is 11.8 Å². The molecule has 0 aromatic heterocycles. The fourth-order valence-corrected chi connectivity index (χ4v) is 3.69. The summed E-state index contributed by atoms with van der Waals surface area (Å²) in [6.45, 7) is 16.3. The van der Waals surface area contributed by atoms with E-state index >= 15 is 0 Å². The molecule has 0 fully saturated rings. The number of nitrogens with one attached hydrogen (secondary N) is 2. The predicted molar refractivity (Wildman–Crippen MR) is 128 cm³/mol. The summed E-state index contributed by atoms with van der Waals surface area (Å²) >= 11 is 0. The largest absolute Gasteiger partial charge is 0.356 e. The number of unbranched alkanes of at least 4 members (excludes halogenated alkanes) is 3. The lowest BCUT2D eigenvalue weighted by Gasteiger charge is -2.20. The second kappa shape index (κ2) is 21.1. The van der Waals surface area contributed by atoms with Crippen molar-refractivity contribution < 1.29 is 9.59 Å². The fraction of sp³-hybridized carbons (Fsp3) is 0.917. The SMILES string of the molecule is CCCN(CCC)CCC(=O)NCCCCCCNC(=O)CCN(CCC)CCC. The van der Waals surface area contributed by atoms with Crippen molar-refractivity contribution in [3.8, 4) is 0 Å². The van der Waals surface area contributed by atoms with Crippen LogP contribution >= 0.6 is 0 Å². The first-order valence-corrected chi connectivity index (χ1v) is 12.5. The van der Waals surface area contributed by atoms with Crippen LogP contribution < -0.4 is 10.6 Å². The predicted octanol–water partition coefficient (Wildman–Crippen LogP) is 3.80. The van der Waals surface area contributed by atoms with E-state index in [1.54, 1.807) is 0 Å². The van der Waals surface area contributed by atoms with Gasteiger partial charge in [-0.25, -0.2) is 0 Å². The van der Waals surface area contributed by atoms with E-state index in [1.165, 1.54) is 0 Å². The Hall–Kier alpha value is -1.14. The van der Waals surface area contributed by atoms with Gasteiger partial charge in [-0.15, -0.1) is 0 Å². The van der Waals surface area contributed by atoms with Crippen molar-refractivity contribution in [3.05, 3.63) is 0 Å². The van der Waals surface area contributed by atoms with Crippen LogP contribution in [-0.2, 0) is 9.59 Å². The molecule has 0 saturated heterocycles. The van der Waals surface area contributed by atoms with Crippen molar-refractivity contribution in [1.29, 1.82) is 0 Å². The normalized spacial score (nSPS) is 11.3. The summed E-state index contributed by atoms with van der Waals surface area (Å²) in [5, 5.41) is 6.08. The van der Waals surface area contributed by atoms with Gasteiger partial charge in [0.05, 0.1) is 0 Å². The molecule has 0 heterocycles. The zero-order chi connectivity index (χ0) is 22.5. The summed E-state index contributed by atoms with van der Waals surface area (Å²) in [5.41, 5.74) is 0. The van der Waals surface area contributed by atoms with Crippen molar-refractivity contribution in [2.24, 2.45) is 0 Å². The molecule has 2 amide bonds. The van der Waals surface area contributed by atoms with E-state index in [-0.39, 0.29) is 11.8 Å². The zero-order valence-electron chi connectivity index (χ0n) is 20.4. The molecule has 178 valence electrons. The maximum atomic E-state index is 12.0. The van der Waals surface area contributed by atoms with Gasteiger partial charge in [-0.1, -0.05) is 40.5 Å². The Morgan fingerprint density at radius 1 is 0.533 bits per heavy atom. The summed E-state index contributed by atoms with van der Waals surface area (Å²) < 4.78 is 0. The monoisotopic (exact) mass is 426 g/mol. The third kappa shape index (κ3) is 17.7. The van der Waals surface area contributed by atoms with Gasteiger partial charge in [-0.2, -0.15) is 0 Å². The van der Waals surface area contributed by atoms with Gasteiger partial charge in [-0.3, -0.25) is 9.59 Å². The van der Waals surface area contributed by atoms with E-state index in [1.807, 2.05) is 0 Å². The Balaban J connectivity index is 3.60. The first-order valence-electron chi connectivity index (χ1n) is 12.5. The number of amides is 2. The van der Waals surface area contributed by atoms with Crippen LogP contribution in [0.3, 0.4) is 0 Å². The summed E-state index contributed by atoms with van der Waals surface area (Å²) in [6.07, 6.45) is 9.95. The van der Waals surface area contributed by atoms with Crippen LogP contribution in [0.1, 0.15) is 91.9 Å². The van der Waals surface area contributed by atoms with Crippen LogP contribution in [0.2, 0.25) is 0 Å². The van der Waals surface area contributed by atoms with E-state index in [9.17, 15) is 9.59 Å². The number of nitrogens with zero attached hydrogens (tertiary/aromatic N) is 2. The number of carbonyl (C=O) groups excluding carboxylic acids is 2. The number of carbonyl (C=O) groups is 2. The molecule has 0 aliphatic carbocycles. The van der Waals surface area contributed by atoms with Crippen LogP contribution in [0.4, 0.5) is 0 Å². The van der Waals surface area contributed by atoms with Crippen LogP contribution in [-0.4, -0.2) is 74.0 Å². The van der Waals surface area contributed by atoms with Gasteiger partial charge >= 0.3 is 0 Å². The minimum atomic E-state index is 0.166. The average Bonchev–Trinajstić information content (AvgIpc) is 2.72. The summed E-state index contributed by atoms with van der Waals surface area (Å²) in [5.74, 6) is 0.333. The zero-order valence-corrected chi connectivity index (χ0v) is 20.4. The summed E-state index contributed by atoms with van der Waals surface area (Å²) in [6, 6.07) is 0. The minimum Gasteiger partial charge on any atom is -0.356 e. The maximum Gasteiger partial charge on any atom is 0.221 e. The molecule has 0 unspecified atom stereocenters. The van der Waals surface area contributed by atoms with Gasteiger partial charge in [0.15, 0.2) is 0 Å². The Morgan fingerprint density at radius 3 is 1.17 bits per heavy atom. The molecule has 0 radical (unpaired) electrons. The van der Waals surface area contributed by atoms with Crippen LogP contribution in [0.25, 0.3) is 0 Å². The lowest BCUT2D eigenvalue weighted by Crippen LogP contribution is -2.32. The molecule has 0 spiro atoms. The highest BCUT2D eigenvalue weighted by molar-refractivity contribution is 5.76. The number of hydrogen-bond donors (Lipinski definition) is 2. The summed E-state index contributed by atoms with van der Waals surface area (Å²) in [7, 11) is 0. The molecule has 0 aliphatic rings. The molecule has 30 heavy (non-hydrogen) atoms. The van der Waals surface area contributed by atoms with E-state index < -0.39 is 0 Å². The third-order valence-corrected chi connectivity index (χ3v) is 5.22. The van der Waals surface area contributed by atoms with Gasteiger partial charge in [-0.05, 0) is 64.7 Å². The smallest absolute Gasteiger partial charge is 0.221 e. The molecule has 0 atom stereocenters.